The molecule has 1 aliphatic heterocycles. The highest BCUT2D eigenvalue weighted by atomic mass is 15.2. The Bertz CT molecular complexity index is 343. The zero-order valence-corrected chi connectivity index (χ0v) is 11.5. The highest BCUT2D eigenvalue weighted by molar-refractivity contribution is 5.34. The summed E-state index contributed by atoms with van der Waals surface area (Å²) >= 11 is 0. The Morgan fingerprint density at radius 1 is 1.33 bits per heavy atom. The summed E-state index contributed by atoms with van der Waals surface area (Å²) in [6.07, 6.45) is 4.70. The average molecular weight is 248 g/mol. The number of nitrogens with one attached hydrogen (secondary N) is 1. The Morgan fingerprint density at radius 2 is 2.11 bits per heavy atom. The zero-order chi connectivity index (χ0) is 12.8. The van der Waals surface area contributed by atoms with Gasteiger partial charge in [0.15, 0.2) is 0 Å². The summed E-state index contributed by atoms with van der Waals surface area (Å²) in [5, 5.41) is 3.04. The third kappa shape index (κ3) is 3.96. The number of hydrogen-bond donors (Lipinski definition) is 1. The fraction of sp³-hybridized carbons (Fsp3) is 0.643. The van der Waals surface area contributed by atoms with E-state index in [4.69, 9.17) is 0 Å². The predicted molar refractivity (Wildman–Crippen MR) is 75.8 cm³/mol. The number of pyridine rings is 1. The molecule has 0 bridgehead atoms. The molecule has 4 nitrogen and oxygen atoms in total. The van der Waals surface area contributed by atoms with Crippen LogP contribution >= 0.6 is 0 Å². The summed E-state index contributed by atoms with van der Waals surface area (Å²) < 4.78 is 0. The van der Waals surface area contributed by atoms with Gasteiger partial charge in [-0.3, -0.25) is 0 Å². The quantitative estimate of drug-likeness (QED) is 0.829. The lowest BCUT2D eigenvalue weighted by atomic mass is 10.2. The van der Waals surface area contributed by atoms with Crippen LogP contribution < -0.4 is 5.32 Å². The summed E-state index contributed by atoms with van der Waals surface area (Å²) in [7, 11) is 4.08. The van der Waals surface area contributed by atoms with Crippen LogP contribution in [0, 0.1) is 0 Å². The molecule has 1 fully saturated rings. The lowest BCUT2D eigenvalue weighted by Crippen LogP contribution is -2.31. The zero-order valence-electron chi connectivity index (χ0n) is 11.5. The van der Waals surface area contributed by atoms with E-state index in [0.717, 1.165) is 18.9 Å². The second-order valence-corrected chi connectivity index (χ2v) is 5.09. The number of hydrogen-bond acceptors (Lipinski definition) is 4. The van der Waals surface area contributed by atoms with Crippen molar-refractivity contribution in [2.45, 2.75) is 19.4 Å². The van der Waals surface area contributed by atoms with Crippen LogP contribution in [0.4, 0.5) is 5.82 Å². The van der Waals surface area contributed by atoms with Crippen LogP contribution in [0.25, 0.3) is 0 Å². The molecule has 0 radical (unpaired) electrons. The van der Waals surface area contributed by atoms with Crippen LogP contribution in [0.5, 0.6) is 0 Å². The number of likely N-dealkylation sites (N-methyl/N-ethyl adjacent to an activating group) is 1. The molecule has 1 N–H and O–H groups in total. The van der Waals surface area contributed by atoms with Gasteiger partial charge in [-0.05, 0) is 44.6 Å². The highest BCUT2D eigenvalue weighted by Gasteiger charge is 2.11. The number of rotatable bonds is 6. The van der Waals surface area contributed by atoms with Gasteiger partial charge in [-0.15, -0.1) is 0 Å². The van der Waals surface area contributed by atoms with Crippen LogP contribution in [-0.4, -0.2) is 55.1 Å². The molecule has 1 aromatic rings. The summed E-state index contributed by atoms with van der Waals surface area (Å²) in [4.78, 5) is 9.26. The molecule has 0 aliphatic carbocycles. The largest absolute Gasteiger partial charge is 0.373 e. The summed E-state index contributed by atoms with van der Waals surface area (Å²) in [5.41, 5.74) is 1.28. The third-order valence-corrected chi connectivity index (χ3v) is 3.53. The number of nitrogens with zero attached hydrogens (tertiary/aromatic N) is 3. The molecule has 0 spiro atoms. The molecule has 0 saturated carbocycles. The van der Waals surface area contributed by atoms with Crippen molar-refractivity contribution in [1.82, 2.24) is 14.8 Å². The minimum atomic E-state index is 0.929. The fourth-order valence-corrected chi connectivity index (χ4v) is 2.37. The number of anilines is 1. The van der Waals surface area contributed by atoms with E-state index in [-0.39, 0.29) is 0 Å². The Kier molecular flexibility index (Phi) is 4.96. The second kappa shape index (κ2) is 6.71. The molecule has 4 heteroatoms. The van der Waals surface area contributed by atoms with Crippen LogP contribution in [0.3, 0.4) is 0 Å². The normalized spacial score (nSPS) is 16.4. The third-order valence-electron chi connectivity index (χ3n) is 3.53. The van der Waals surface area contributed by atoms with E-state index in [2.05, 4.69) is 33.2 Å². The van der Waals surface area contributed by atoms with Crippen molar-refractivity contribution in [2.75, 3.05) is 45.6 Å². The lowest BCUT2D eigenvalue weighted by Gasteiger charge is -2.21. The maximum absolute atomic E-state index is 4.34. The van der Waals surface area contributed by atoms with E-state index in [1.165, 1.54) is 38.0 Å². The molecule has 2 heterocycles. The topological polar surface area (TPSA) is 31.4 Å². The van der Waals surface area contributed by atoms with E-state index < -0.39 is 0 Å². The molecule has 2 rings (SSSR count). The summed E-state index contributed by atoms with van der Waals surface area (Å²) in [5.74, 6) is 0.929. The van der Waals surface area contributed by atoms with Crippen molar-refractivity contribution in [3.05, 3.63) is 23.9 Å². The number of aromatic nitrogens is 1. The molecule has 100 valence electrons. The molecule has 0 unspecified atom stereocenters. The van der Waals surface area contributed by atoms with Gasteiger partial charge < -0.3 is 15.1 Å². The van der Waals surface area contributed by atoms with Gasteiger partial charge >= 0.3 is 0 Å². The summed E-state index contributed by atoms with van der Waals surface area (Å²) in [6.45, 7) is 5.87. The van der Waals surface area contributed by atoms with Gasteiger partial charge in [-0.2, -0.15) is 0 Å². The molecule has 0 aromatic carbocycles. The van der Waals surface area contributed by atoms with Gasteiger partial charge in [0.05, 0.1) is 0 Å². The van der Waals surface area contributed by atoms with Crippen molar-refractivity contribution < 1.29 is 0 Å². The van der Waals surface area contributed by atoms with E-state index in [9.17, 15) is 0 Å². The molecule has 0 atom stereocenters. The first-order chi connectivity index (χ1) is 8.78. The van der Waals surface area contributed by atoms with Gasteiger partial charge in [-0.25, -0.2) is 4.98 Å². The maximum Gasteiger partial charge on any atom is 0.125 e. The molecular formula is C14H24N4. The maximum atomic E-state index is 4.34. The Hall–Kier alpha value is -1.13. The van der Waals surface area contributed by atoms with Gasteiger partial charge in [-0.1, -0.05) is 6.07 Å². The molecule has 18 heavy (non-hydrogen) atoms. The van der Waals surface area contributed by atoms with E-state index in [1.54, 1.807) is 0 Å². The molecule has 0 amide bonds. The van der Waals surface area contributed by atoms with Crippen LogP contribution in [0.15, 0.2) is 18.3 Å². The standard InChI is InChI=1S/C14H24N4/c1-15-14-6-5-13(11-16-14)12-17(2)9-10-18-7-3-4-8-18/h5-6,11H,3-4,7-10,12H2,1-2H3,(H,15,16). The highest BCUT2D eigenvalue weighted by Crippen LogP contribution is 2.08. The van der Waals surface area contributed by atoms with E-state index >= 15 is 0 Å². The Morgan fingerprint density at radius 3 is 2.72 bits per heavy atom. The minimum absolute atomic E-state index is 0.929. The smallest absolute Gasteiger partial charge is 0.125 e. The van der Waals surface area contributed by atoms with Crippen molar-refractivity contribution in [1.29, 1.82) is 0 Å². The molecular weight excluding hydrogens is 224 g/mol. The predicted octanol–water partition coefficient (Wildman–Crippen LogP) is 1.65. The van der Waals surface area contributed by atoms with Crippen LogP contribution in [0.1, 0.15) is 18.4 Å². The average Bonchev–Trinajstić information content (AvgIpc) is 2.90. The Labute approximate surface area is 110 Å². The van der Waals surface area contributed by atoms with Crippen molar-refractivity contribution >= 4 is 5.82 Å². The van der Waals surface area contributed by atoms with Crippen LogP contribution in [0.2, 0.25) is 0 Å². The van der Waals surface area contributed by atoms with E-state index in [1.807, 2.05) is 19.3 Å². The lowest BCUT2D eigenvalue weighted by molar-refractivity contribution is 0.252. The minimum Gasteiger partial charge on any atom is -0.373 e. The Balaban J connectivity index is 1.73. The fourth-order valence-electron chi connectivity index (χ4n) is 2.37. The molecule has 1 aliphatic rings. The first kappa shape index (κ1) is 13.3. The van der Waals surface area contributed by atoms with E-state index in [0.29, 0.717) is 0 Å². The monoisotopic (exact) mass is 248 g/mol. The first-order valence-electron chi connectivity index (χ1n) is 6.81. The first-order valence-corrected chi connectivity index (χ1v) is 6.81. The van der Waals surface area contributed by atoms with Gasteiger partial charge in [0.25, 0.3) is 0 Å². The number of likely N-dealkylation sites (tertiary alicyclic amines) is 1. The van der Waals surface area contributed by atoms with Gasteiger partial charge in [0.1, 0.15) is 5.82 Å². The van der Waals surface area contributed by atoms with Crippen molar-refractivity contribution in [3.63, 3.8) is 0 Å². The molecule has 1 aromatic heterocycles. The van der Waals surface area contributed by atoms with Crippen LogP contribution in [-0.2, 0) is 6.54 Å². The molecule has 1 saturated heterocycles. The summed E-state index contributed by atoms with van der Waals surface area (Å²) in [6, 6.07) is 4.18. The second-order valence-electron chi connectivity index (χ2n) is 5.09. The van der Waals surface area contributed by atoms with Crippen molar-refractivity contribution in [2.24, 2.45) is 0 Å². The van der Waals surface area contributed by atoms with Gasteiger partial charge in [0.2, 0.25) is 0 Å². The van der Waals surface area contributed by atoms with Crippen molar-refractivity contribution in [3.8, 4) is 0 Å². The SMILES string of the molecule is CNc1ccc(CN(C)CCN2CCCC2)cn1. The van der Waals surface area contributed by atoms with Gasteiger partial charge in [0, 0.05) is 32.9 Å².